The van der Waals surface area contributed by atoms with Crippen LogP contribution in [0, 0.1) is 11.3 Å². The number of amides is 1. The molecular weight excluding hydrogens is 154 g/mol. The van der Waals surface area contributed by atoms with Gasteiger partial charge >= 0.3 is 0 Å². The van der Waals surface area contributed by atoms with E-state index >= 15 is 0 Å². The zero-order valence-electron chi connectivity index (χ0n) is 7.74. The molecule has 12 heavy (non-hydrogen) atoms. The summed E-state index contributed by atoms with van der Waals surface area (Å²) in [7, 11) is 1.79. The molecule has 0 radical (unpaired) electrons. The summed E-state index contributed by atoms with van der Waals surface area (Å²) in [5.41, 5.74) is 5.11. The molecule has 0 fully saturated rings. The molecule has 2 N–H and O–H groups in total. The van der Waals surface area contributed by atoms with Gasteiger partial charge in [0.2, 0.25) is 5.91 Å². The predicted molar refractivity (Wildman–Crippen MR) is 46.1 cm³/mol. The van der Waals surface area contributed by atoms with Gasteiger partial charge in [-0.2, -0.15) is 5.26 Å². The molecule has 0 aliphatic rings. The third-order valence-corrected chi connectivity index (χ3v) is 2.10. The normalized spacial score (nSPS) is 15.2. The van der Waals surface area contributed by atoms with Crippen molar-refractivity contribution < 1.29 is 4.79 Å². The Bertz CT molecular complexity index is 197. The van der Waals surface area contributed by atoms with Crippen molar-refractivity contribution in [1.82, 2.24) is 4.90 Å². The summed E-state index contributed by atoms with van der Waals surface area (Å²) in [5.74, 6) is -0.359. The fraction of sp³-hybridized carbons (Fsp3) is 0.750. The molecule has 2 unspecified atom stereocenters. The molecule has 0 spiro atoms. The van der Waals surface area contributed by atoms with E-state index in [4.69, 9.17) is 11.0 Å². The van der Waals surface area contributed by atoms with E-state index < -0.39 is 0 Å². The lowest BCUT2D eigenvalue weighted by Gasteiger charge is -2.26. The number of nitriles is 1. The van der Waals surface area contributed by atoms with Crippen LogP contribution in [-0.2, 0) is 4.79 Å². The Morgan fingerprint density at radius 3 is 2.50 bits per heavy atom. The van der Waals surface area contributed by atoms with E-state index in [1.54, 1.807) is 18.9 Å². The Labute approximate surface area is 72.9 Å². The molecule has 1 amide bonds. The van der Waals surface area contributed by atoms with Gasteiger partial charge in [-0.25, -0.2) is 0 Å². The van der Waals surface area contributed by atoms with Gasteiger partial charge in [0.15, 0.2) is 0 Å². The molecule has 0 aromatic carbocycles. The van der Waals surface area contributed by atoms with Crippen LogP contribution in [-0.4, -0.2) is 29.9 Å². The van der Waals surface area contributed by atoms with Crippen LogP contribution in [0.2, 0.25) is 0 Å². The first-order valence-electron chi connectivity index (χ1n) is 3.89. The van der Waals surface area contributed by atoms with Crippen LogP contribution < -0.4 is 5.73 Å². The minimum Gasteiger partial charge on any atom is -0.368 e. The maximum absolute atomic E-state index is 10.7. The number of nitrogens with zero attached hydrogens (tertiary/aromatic N) is 2. The summed E-state index contributed by atoms with van der Waals surface area (Å²) in [6, 6.07) is 1.80. The average molecular weight is 169 g/mol. The summed E-state index contributed by atoms with van der Waals surface area (Å²) >= 11 is 0. The SMILES string of the molecule is CC(CC#N)N(C)C(C)C(N)=O. The maximum Gasteiger partial charge on any atom is 0.234 e. The van der Waals surface area contributed by atoms with E-state index in [0.29, 0.717) is 6.42 Å². The highest BCUT2D eigenvalue weighted by atomic mass is 16.1. The quantitative estimate of drug-likeness (QED) is 0.648. The molecule has 0 aromatic heterocycles. The van der Waals surface area contributed by atoms with Gasteiger partial charge in [0.25, 0.3) is 0 Å². The molecule has 0 aliphatic carbocycles. The van der Waals surface area contributed by atoms with Gasteiger partial charge in [0.1, 0.15) is 0 Å². The molecule has 4 heteroatoms. The van der Waals surface area contributed by atoms with E-state index in [0.717, 1.165) is 0 Å². The molecule has 0 bridgehead atoms. The first kappa shape index (κ1) is 10.9. The van der Waals surface area contributed by atoms with E-state index in [1.165, 1.54) is 0 Å². The molecule has 0 rings (SSSR count). The summed E-state index contributed by atoms with van der Waals surface area (Å²) in [6.07, 6.45) is 0.411. The molecule has 4 nitrogen and oxygen atoms in total. The largest absolute Gasteiger partial charge is 0.368 e. The second-order valence-electron chi connectivity index (χ2n) is 2.96. The predicted octanol–water partition coefficient (Wildman–Crippen LogP) is 0.0942. The fourth-order valence-electron chi connectivity index (χ4n) is 0.859. The lowest BCUT2D eigenvalue weighted by Crippen LogP contribution is -2.44. The summed E-state index contributed by atoms with van der Waals surface area (Å²) < 4.78 is 0. The highest BCUT2D eigenvalue weighted by Crippen LogP contribution is 2.04. The smallest absolute Gasteiger partial charge is 0.234 e. The zero-order valence-corrected chi connectivity index (χ0v) is 7.74. The summed E-state index contributed by atoms with van der Waals surface area (Å²) in [5, 5.41) is 8.41. The third-order valence-electron chi connectivity index (χ3n) is 2.10. The van der Waals surface area contributed by atoms with Gasteiger partial charge in [-0.1, -0.05) is 0 Å². The molecule has 0 heterocycles. The Morgan fingerprint density at radius 2 is 2.17 bits per heavy atom. The maximum atomic E-state index is 10.7. The van der Waals surface area contributed by atoms with Crippen LogP contribution >= 0.6 is 0 Å². The number of nitrogens with two attached hydrogens (primary N) is 1. The average Bonchev–Trinajstić information content (AvgIpc) is 2.02. The summed E-state index contributed by atoms with van der Waals surface area (Å²) in [6.45, 7) is 3.62. The standard InChI is InChI=1S/C8H15N3O/c1-6(4-5-9)11(3)7(2)8(10)12/h6-7H,4H2,1-3H3,(H2,10,12). The van der Waals surface area contributed by atoms with Crippen LogP contribution in [0.1, 0.15) is 20.3 Å². The number of likely N-dealkylation sites (N-methyl/N-ethyl adjacent to an activating group) is 1. The minimum atomic E-state index is -0.359. The van der Waals surface area contributed by atoms with Gasteiger partial charge < -0.3 is 5.73 Å². The van der Waals surface area contributed by atoms with Crippen LogP contribution in [0.25, 0.3) is 0 Å². The van der Waals surface area contributed by atoms with Crippen molar-refractivity contribution in [1.29, 1.82) is 5.26 Å². The van der Waals surface area contributed by atoms with E-state index in [2.05, 4.69) is 0 Å². The monoisotopic (exact) mass is 169 g/mol. The van der Waals surface area contributed by atoms with E-state index in [-0.39, 0.29) is 18.0 Å². The third kappa shape index (κ3) is 2.89. The van der Waals surface area contributed by atoms with Crippen molar-refractivity contribution in [3.63, 3.8) is 0 Å². The van der Waals surface area contributed by atoms with Crippen LogP contribution in [0.15, 0.2) is 0 Å². The highest BCUT2D eigenvalue weighted by molar-refractivity contribution is 5.79. The van der Waals surface area contributed by atoms with E-state index in [1.807, 2.05) is 13.0 Å². The van der Waals surface area contributed by atoms with Crippen LogP contribution in [0.5, 0.6) is 0 Å². The molecule has 2 atom stereocenters. The van der Waals surface area contributed by atoms with Gasteiger partial charge in [-0.05, 0) is 20.9 Å². The van der Waals surface area contributed by atoms with Crippen molar-refractivity contribution in [3.8, 4) is 6.07 Å². The Morgan fingerprint density at radius 1 is 1.67 bits per heavy atom. The first-order chi connectivity index (χ1) is 5.50. The minimum absolute atomic E-state index is 0.0671. The number of hydrogen-bond acceptors (Lipinski definition) is 3. The topological polar surface area (TPSA) is 70.1 Å². The Balaban J connectivity index is 4.10. The lowest BCUT2D eigenvalue weighted by atomic mass is 10.2. The zero-order chi connectivity index (χ0) is 9.72. The van der Waals surface area contributed by atoms with Gasteiger partial charge in [-0.15, -0.1) is 0 Å². The number of carbonyl (C=O) groups excluding carboxylic acids is 1. The summed E-state index contributed by atoms with van der Waals surface area (Å²) in [4.78, 5) is 12.5. The first-order valence-corrected chi connectivity index (χ1v) is 3.89. The van der Waals surface area contributed by atoms with Crippen LogP contribution in [0.4, 0.5) is 0 Å². The van der Waals surface area contributed by atoms with Crippen molar-refractivity contribution in [2.75, 3.05) is 7.05 Å². The molecule has 0 aliphatic heterocycles. The fourth-order valence-corrected chi connectivity index (χ4v) is 0.859. The van der Waals surface area contributed by atoms with Gasteiger partial charge in [-0.3, -0.25) is 9.69 Å². The number of carbonyl (C=O) groups is 1. The molecule has 68 valence electrons. The Kier molecular flexibility index (Phi) is 4.30. The number of primary amides is 1. The lowest BCUT2D eigenvalue weighted by molar-refractivity contribution is -0.122. The van der Waals surface area contributed by atoms with Crippen molar-refractivity contribution in [2.45, 2.75) is 32.4 Å². The van der Waals surface area contributed by atoms with Gasteiger partial charge in [0.05, 0.1) is 18.5 Å². The second-order valence-corrected chi connectivity index (χ2v) is 2.96. The van der Waals surface area contributed by atoms with Crippen molar-refractivity contribution in [3.05, 3.63) is 0 Å². The molecule has 0 saturated carbocycles. The number of hydrogen-bond donors (Lipinski definition) is 1. The Hall–Kier alpha value is -1.08. The molecule has 0 aromatic rings. The molecule has 0 saturated heterocycles. The van der Waals surface area contributed by atoms with Gasteiger partial charge in [0, 0.05) is 6.04 Å². The van der Waals surface area contributed by atoms with Crippen LogP contribution in [0.3, 0.4) is 0 Å². The second kappa shape index (κ2) is 4.73. The van der Waals surface area contributed by atoms with Crippen molar-refractivity contribution in [2.24, 2.45) is 5.73 Å². The molecular formula is C8H15N3O. The highest BCUT2D eigenvalue weighted by Gasteiger charge is 2.19. The van der Waals surface area contributed by atoms with E-state index in [9.17, 15) is 4.79 Å². The van der Waals surface area contributed by atoms with Crippen molar-refractivity contribution >= 4 is 5.91 Å². The number of rotatable bonds is 4.